The van der Waals surface area contributed by atoms with E-state index in [0.29, 0.717) is 28.6 Å². The number of amides is 1. The molecule has 0 spiro atoms. The molecule has 1 fully saturated rings. The number of carbonyl (C=O) groups is 3. The molecule has 0 bridgehead atoms. The summed E-state index contributed by atoms with van der Waals surface area (Å²) in [5.74, 6) is 0.531. The van der Waals surface area contributed by atoms with E-state index in [1.54, 1.807) is 0 Å². The summed E-state index contributed by atoms with van der Waals surface area (Å²) in [6, 6.07) is 7.83. The number of aliphatic imine (C=N–C) groups is 1. The minimum atomic E-state index is -0.164. The number of hydrogen-bond donors (Lipinski definition) is 3. The third-order valence-corrected chi connectivity index (χ3v) is 8.96. The van der Waals surface area contributed by atoms with Crippen LogP contribution in [0.15, 0.2) is 69.4 Å². The first-order valence-corrected chi connectivity index (χ1v) is 18.6. The lowest BCUT2D eigenvalue weighted by Gasteiger charge is -2.33. The first-order chi connectivity index (χ1) is 24.2. The number of hydrogen-bond acceptors (Lipinski definition) is 9. The molecule has 0 radical (unpaired) electrons. The number of likely N-dealkylation sites (tertiary alicyclic amines) is 1. The highest BCUT2D eigenvalue weighted by molar-refractivity contribution is 8.04. The van der Waals surface area contributed by atoms with Gasteiger partial charge in [0, 0.05) is 48.5 Å². The predicted molar refractivity (Wildman–Crippen MR) is 215 cm³/mol. The summed E-state index contributed by atoms with van der Waals surface area (Å²) in [5.41, 5.74) is 15.7. The van der Waals surface area contributed by atoms with Crippen LogP contribution in [-0.2, 0) is 20.8 Å². The fourth-order valence-electron chi connectivity index (χ4n) is 4.39. The van der Waals surface area contributed by atoms with Gasteiger partial charge in [-0.3, -0.25) is 9.59 Å². The van der Waals surface area contributed by atoms with Gasteiger partial charge < -0.3 is 26.5 Å². The molecule has 51 heavy (non-hydrogen) atoms. The number of nitrogens with zero attached hydrogens (tertiary/aromatic N) is 4. The van der Waals surface area contributed by atoms with Gasteiger partial charge >= 0.3 is 0 Å². The molecule has 1 saturated heterocycles. The van der Waals surface area contributed by atoms with Gasteiger partial charge in [0.15, 0.2) is 5.78 Å². The normalized spacial score (nSPS) is 13.0. The van der Waals surface area contributed by atoms with Crippen molar-refractivity contribution in [1.29, 1.82) is 0 Å². The minimum Gasteiger partial charge on any atom is -0.390 e. The van der Waals surface area contributed by atoms with Crippen LogP contribution >= 0.6 is 23.4 Å². The lowest BCUT2D eigenvalue weighted by molar-refractivity contribution is -0.126. The molecular formula is C39H60ClN7O3S. The van der Waals surface area contributed by atoms with Crippen molar-refractivity contribution in [2.24, 2.45) is 22.4 Å². The quantitative estimate of drug-likeness (QED) is 0.0297. The number of primary amides is 1. The molecule has 5 N–H and O–H groups in total. The third-order valence-electron chi connectivity index (χ3n) is 7.52. The molecule has 0 atom stereocenters. The summed E-state index contributed by atoms with van der Waals surface area (Å²) < 4.78 is 0. The number of nitrogens with two attached hydrogens (primary N) is 2. The molecule has 1 aromatic heterocycles. The van der Waals surface area contributed by atoms with Crippen molar-refractivity contribution in [3.63, 3.8) is 0 Å². The van der Waals surface area contributed by atoms with Crippen LogP contribution in [0, 0.1) is 26.7 Å². The Morgan fingerprint density at radius 2 is 1.78 bits per heavy atom. The Hall–Kier alpha value is -3.80. The lowest BCUT2D eigenvalue weighted by atomic mass is 10.0. The number of rotatable bonds is 16. The van der Waals surface area contributed by atoms with Gasteiger partial charge in [0.05, 0.1) is 22.9 Å². The summed E-state index contributed by atoms with van der Waals surface area (Å²) in [5, 5.41) is 4.99. The molecule has 2 aromatic rings. The number of thioether (sulfide) groups is 1. The van der Waals surface area contributed by atoms with E-state index < -0.39 is 0 Å². The average molecular weight is 742 g/mol. The van der Waals surface area contributed by atoms with Gasteiger partial charge in [-0.2, -0.15) is 0 Å². The standard InChI is InChI=1S/C23H35N5OS.C8H9Cl.C5H10N2O.C3H6O/c1-6-8-9-10-11-12-17(3)26-20(7-2)13-21-14-23(28-19(5)27-21)30-22(18(4)29)15-25-16-24;1-6-4-3-5-8(9)7(6)2;1-7-2-4(3-7)5(6)8;1-2-3-4/h7,14-16,26H,3,6,8-13H2,1-2,4-5H3,(H2,24,25);3-5H,1-2H3;4H,2-3H2,1H3,(H2,6,8);3H,2H2,1H3/b20-7-,22-15-;;;. The molecule has 0 unspecified atom stereocenters. The molecule has 0 aliphatic carbocycles. The molecule has 12 heteroatoms. The maximum Gasteiger partial charge on any atom is 0.223 e. The topological polar surface area (TPSA) is 157 Å². The van der Waals surface area contributed by atoms with Gasteiger partial charge in [0.1, 0.15) is 17.1 Å². The third kappa shape index (κ3) is 21.9. The van der Waals surface area contributed by atoms with Gasteiger partial charge in [-0.25, -0.2) is 15.0 Å². The van der Waals surface area contributed by atoms with Gasteiger partial charge in [-0.15, -0.1) is 0 Å². The predicted octanol–water partition coefficient (Wildman–Crippen LogP) is 7.79. The van der Waals surface area contributed by atoms with Crippen LogP contribution in [0.5, 0.6) is 0 Å². The largest absolute Gasteiger partial charge is 0.390 e. The van der Waals surface area contributed by atoms with Crippen molar-refractivity contribution in [2.45, 2.75) is 105 Å². The molecule has 1 aromatic carbocycles. The van der Waals surface area contributed by atoms with Crippen LogP contribution in [0.2, 0.25) is 5.02 Å². The smallest absolute Gasteiger partial charge is 0.223 e. The molecule has 282 valence electrons. The monoisotopic (exact) mass is 741 g/mol. The first-order valence-electron chi connectivity index (χ1n) is 17.4. The zero-order chi connectivity index (χ0) is 38.8. The van der Waals surface area contributed by atoms with E-state index in [-0.39, 0.29) is 17.6 Å². The summed E-state index contributed by atoms with van der Waals surface area (Å²) in [7, 11) is 1.97. The van der Waals surface area contributed by atoms with Crippen LogP contribution in [0.25, 0.3) is 0 Å². The highest BCUT2D eigenvalue weighted by atomic mass is 35.5. The average Bonchev–Trinajstić information content (AvgIpc) is 3.07. The Morgan fingerprint density at radius 1 is 1.14 bits per heavy atom. The van der Waals surface area contributed by atoms with Crippen LogP contribution in [0.1, 0.15) is 95.3 Å². The number of aryl methyl sites for hydroxylation is 2. The number of Topliss-reactive ketones (excluding diaryl/α,β-unsaturated/α-hetero) is 1. The summed E-state index contributed by atoms with van der Waals surface area (Å²) >= 11 is 7.08. The van der Waals surface area contributed by atoms with E-state index in [9.17, 15) is 14.4 Å². The van der Waals surface area contributed by atoms with Gasteiger partial charge in [0.2, 0.25) is 5.91 Å². The number of carbonyl (C=O) groups excluding carboxylic acids is 3. The molecule has 0 saturated carbocycles. The van der Waals surface area contributed by atoms with Crippen molar-refractivity contribution in [1.82, 2.24) is 20.2 Å². The Bertz CT molecular complexity index is 1450. The van der Waals surface area contributed by atoms with Crippen molar-refractivity contribution in [3.05, 3.63) is 87.1 Å². The number of aldehydes is 1. The summed E-state index contributed by atoms with van der Waals surface area (Å²) in [4.78, 5) is 46.7. The number of benzene rings is 1. The Balaban J connectivity index is 0.000000946. The molecular weight excluding hydrogens is 682 g/mol. The van der Waals surface area contributed by atoms with Crippen molar-refractivity contribution in [3.8, 4) is 0 Å². The molecule has 1 aliphatic heterocycles. The number of aromatic nitrogens is 2. The zero-order valence-corrected chi connectivity index (χ0v) is 33.5. The van der Waals surface area contributed by atoms with E-state index in [2.05, 4.69) is 51.7 Å². The number of ketones is 1. The molecule has 2 heterocycles. The van der Waals surface area contributed by atoms with Gasteiger partial charge in [0.25, 0.3) is 0 Å². The lowest BCUT2D eigenvalue weighted by Crippen LogP contribution is -2.50. The Morgan fingerprint density at radius 3 is 2.25 bits per heavy atom. The maximum absolute atomic E-state index is 11.8. The molecule has 1 aliphatic rings. The van der Waals surface area contributed by atoms with E-state index >= 15 is 0 Å². The second-order valence-corrected chi connectivity index (χ2v) is 13.6. The van der Waals surface area contributed by atoms with Gasteiger partial charge in [-0.1, -0.05) is 87.7 Å². The second-order valence-electron chi connectivity index (χ2n) is 12.2. The highest BCUT2D eigenvalue weighted by Gasteiger charge is 2.27. The van der Waals surface area contributed by atoms with E-state index in [0.717, 1.165) is 60.7 Å². The number of allylic oxidation sites excluding steroid dienone is 4. The second kappa shape index (κ2) is 27.9. The Kier molecular flexibility index (Phi) is 25.8. The summed E-state index contributed by atoms with van der Waals surface area (Å²) in [6.07, 6.45) is 14.0. The van der Waals surface area contributed by atoms with Crippen LogP contribution < -0.4 is 16.8 Å². The van der Waals surface area contributed by atoms with Crippen molar-refractivity contribution in [2.75, 3.05) is 20.1 Å². The van der Waals surface area contributed by atoms with Gasteiger partial charge in [-0.05, 0) is 77.8 Å². The van der Waals surface area contributed by atoms with E-state index in [4.69, 9.17) is 23.1 Å². The fourth-order valence-corrected chi connectivity index (χ4v) is 5.47. The van der Waals surface area contributed by atoms with Crippen LogP contribution in [0.4, 0.5) is 0 Å². The van der Waals surface area contributed by atoms with Crippen molar-refractivity contribution < 1.29 is 14.4 Å². The minimum absolute atomic E-state index is 0.0885. The van der Waals surface area contributed by atoms with Crippen LogP contribution in [-0.4, -0.2) is 59.3 Å². The highest BCUT2D eigenvalue weighted by Crippen LogP contribution is 2.27. The number of nitrogens with one attached hydrogen (secondary N) is 1. The first kappa shape index (κ1) is 47.2. The van der Waals surface area contributed by atoms with Crippen molar-refractivity contribution >= 4 is 47.7 Å². The number of halogens is 1. The summed E-state index contributed by atoms with van der Waals surface area (Å²) in [6.45, 7) is 19.3. The van der Waals surface area contributed by atoms with E-state index in [1.165, 1.54) is 61.7 Å². The number of unbranched alkanes of at least 4 members (excludes halogenated alkanes) is 4. The van der Waals surface area contributed by atoms with E-state index in [1.807, 2.05) is 59.0 Å². The fraction of sp³-hybridized carbons (Fsp3) is 0.487. The van der Waals surface area contributed by atoms with Crippen LogP contribution in [0.3, 0.4) is 0 Å². The maximum atomic E-state index is 11.8. The zero-order valence-electron chi connectivity index (χ0n) is 31.9. The molecule has 10 nitrogen and oxygen atoms in total. The molecule has 1 amide bonds. The Labute approximate surface area is 315 Å². The SMILES string of the molecule is C=C(CCCCCCC)N/C(=C\C)Cc1cc(S/C(=C\N=CN)C(C)=O)nc(C)n1.CCC=O.CN1CC(C(N)=O)C1.Cc1cccc(Cl)c1C. The molecule has 3 rings (SSSR count).